The summed E-state index contributed by atoms with van der Waals surface area (Å²) in [5, 5.41) is 2.89. The number of ether oxygens (including phenoxy) is 2. The van der Waals surface area contributed by atoms with Crippen LogP contribution in [0.15, 0.2) is 0 Å². The molecule has 0 bridgehead atoms. The summed E-state index contributed by atoms with van der Waals surface area (Å²) in [6.07, 6.45) is 2.75. The Kier molecular flexibility index (Phi) is 2.15. The molecule has 0 aromatic heterocycles. The van der Waals surface area contributed by atoms with Crippen LogP contribution in [0, 0.1) is 0 Å². The van der Waals surface area contributed by atoms with E-state index >= 15 is 0 Å². The van der Waals surface area contributed by atoms with Crippen molar-refractivity contribution in [3.63, 3.8) is 0 Å². The Hall–Kier alpha value is -0.770. The van der Waals surface area contributed by atoms with E-state index in [4.69, 9.17) is 9.47 Å². The topological polar surface area (TPSA) is 47.6 Å². The molecule has 2 rings (SSSR count). The molecule has 0 aromatic carbocycles. The fraction of sp³-hybridized carbons (Fsp3) is 0.889. The maximum Gasteiger partial charge on any atom is 0.407 e. The molecule has 0 radical (unpaired) electrons. The number of carbonyl (C=O) groups excluding carboxylic acids is 1. The van der Waals surface area contributed by atoms with E-state index in [9.17, 15) is 4.79 Å². The van der Waals surface area contributed by atoms with Gasteiger partial charge in [0.2, 0.25) is 0 Å². The van der Waals surface area contributed by atoms with Crippen LogP contribution in [0.2, 0.25) is 0 Å². The first-order chi connectivity index (χ1) is 6.24. The zero-order valence-corrected chi connectivity index (χ0v) is 7.84. The normalized spacial score (nSPS) is 38.8. The van der Waals surface area contributed by atoms with Crippen molar-refractivity contribution in [2.45, 2.75) is 37.8 Å². The second-order valence-electron chi connectivity index (χ2n) is 3.84. The number of amides is 1. The van der Waals surface area contributed by atoms with E-state index in [1.807, 2.05) is 0 Å². The van der Waals surface area contributed by atoms with E-state index in [1.165, 1.54) is 0 Å². The Morgan fingerprint density at radius 1 is 1.69 bits per heavy atom. The molecule has 0 saturated carbocycles. The SMILES string of the molecule is CCC1CC2(CCO1)COC(=O)N2. The van der Waals surface area contributed by atoms with Gasteiger partial charge in [-0.05, 0) is 12.8 Å². The molecule has 2 atom stereocenters. The summed E-state index contributed by atoms with van der Waals surface area (Å²) >= 11 is 0. The summed E-state index contributed by atoms with van der Waals surface area (Å²) in [6.45, 7) is 3.33. The van der Waals surface area contributed by atoms with Crippen LogP contribution in [0.1, 0.15) is 26.2 Å². The highest BCUT2D eigenvalue weighted by Gasteiger charge is 2.43. The molecule has 2 saturated heterocycles. The lowest BCUT2D eigenvalue weighted by atomic mass is 9.87. The van der Waals surface area contributed by atoms with E-state index < -0.39 is 0 Å². The summed E-state index contributed by atoms with van der Waals surface area (Å²) in [6, 6.07) is 0. The summed E-state index contributed by atoms with van der Waals surface area (Å²) in [4.78, 5) is 10.9. The van der Waals surface area contributed by atoms with Crippen LogP contribution < -0.4 is 5.32 Å². The number of rotatable bonds is 1. The van der Waals surface area contributed by atoms with Crippen LogP contribution in [-0.2, 0) is 9.47 Å². The Balaban J connectivity index is 2.02. The minimum Gasteiger partial charge on any atom is -0.447 e. The molecule has 2 heterocycles. The molecule has 74 valence electrons. The summed E-state index contributed by atoms with van der Waals surface area (Å²) < 4.78 is 10.5. The molecule has 1 N–H and O–H groups in total. The van der Waals surface area contributed by atoms with Gasteiger partial charge < -0.3 is 14.8 Å². The predicted molar refractivity (Wildman–Crippen MR) is 46.5 cm³/mol. The van der Waals surface area contributed by atoms with Crippen LogP contribution in [0.4, 0.5) is 4.79 Å². The first-order valence-corrected chi connectivity index (χ1v) is 4.81. The quantitative estimate of drug-likeness (QED) is 0.664. The van der Waals surface area contributed by atoms with Crippen molar-refractivity contribution < 1.29 is 14.3 Å². The van der Waals surface area contributed by atoms with Crippen molar-refractivity contribution in [3.8, 4) is 0 Å². The lowest BCUT2D eigenvalue weighted by Crippen LogP contribution is -2.50. The summed E-state index contributed by atoms with van der Waals surface area (Å²) in [5.74, 6) is 0. The fourth-order valence-corrected chi connectivity index (χ4v) is 2.02. The van der Waals surface area contributed by atoms with E-state index in [1.54, 1.807) is 0 Å². The smallest absolute Gasteiger partial charge is 0.407 e. The van der Waals surface area contributed by atoms with Crippen molar-refractivity contribution in [1.82, 2.24) is 5.32 Å². The van der Waals surface area contributed by atoms with Crippen LogP contribution in [0.5, 0.6) is 0 Å². The third-order valence-electron chi connectivity index (χ3n) is 2.85. The van der Waals surface area contributed by atoms with Crippen LogP contribution in [-0.4, -0.2) is 30.9 Å². The number of cyclic esters (lactones) is 1. The molecule has 13 heavy (non-hydrogen) atoms. The molecule has 2 unspecified atom stereocenters. The molecule has 0 aliphatic carbocycles. The van der Waals surface area contributed by atoms with Crippen molar-refractivity contribution in [3.05, 3.63) is 0 Å². The summed E-state index contributed by atoms with van der Waals surface area (Å²) in [7, 11) is 0. The van der Waals surface area contributed by atoms with E-state index in [0.717, 1.165) is 25.9 Å². The molecule has 0 aromatic rings. The lowest BCUT2D eigenvalue weighted by molar-refractivity contribution is -0.0273. The standard InChI is InChI=1S/C9H15NO3/c1-2-7-5-9(3-4-12-7)6-13-8(11)10-9/h7H,2-6H2,1H3,(H,10,11). The monoisotopic (exact) mass is 185 g/mol. The predicted octanol–water partition coefficient (Wildman–Crippen LogP) is 1.05. The van der Waals surface area contributed by atoms with Gasteiger partial charge >= 0.3 is 6.09 Å². The second kappa shape index (κ2) is 3.18. The van der Waals surface area contributed by atoms with Gasteiger partial charge in [-0.1, -0.05) is 6.92 Å². The average molecular weight is 185 g/mol. The number of alkyl carbamates (subject to hydrolysis) is 1. The molecule has 2 aliphatic heterocycles. The van der Waals surface area contributed by atoms with Crippen LogP contribution in [0.25, 0.3) is 0 Å². The van der Waals surface area contributed by atoms with Gasteiger partial charge in [0.1, 0.15) is 6.61 Å². The van der Waals surface area contributed by atoms with Gasteiger partial charge in [0.15, 0.2) is 0 Å². The Morgan fingerprint density at radius 3 is 3.15 bits per heavy atom. The highest BCUT2D eigenvalue weighted by Crippen LogP contribution is 2.29. The number of carbonyl (C=O) groups is 1. The van der Waals surface area contributed by atoms with Gasteiger partial charge in [-0.2, -0.15) is 0 Å². The average Bonchev–Trinajstić information content (AvgIpc) is 2.47. The van der Waals surface area contributed by atoms with Gasteiger partial charge in [-0.25, -0.2) is 4.79 Å². The zero-order chi connectivity index (χ0) is 9.31. The van der Waals surface area contributed by atoms with Crippen molar-refractivity contribution >= 4 is 6.09 Å². The van der Waals surface area contributed by atoms with Crippen LogP contribution >= 0.6 is 0 Å². The van der Waals surface area contributed by atoms with Crippen molar-refractivity contribution in [2.24, 2.45) is 0 Å². The molecule has 2 fully saturated rings. The molecule has 1 amide bonds. The lowest BCUT2D eigenvalue weighted by Gasteiger charge is -2.35. The highest BCUT2D eigenvalue weighted by atomic mass is 16.6. The van der Waals surface area contributed by atoms with Gasteiger partial charge in [0, 0.05) is 13.0 Å². The maximum absolute atomic E-state index is 10.9. The van der Waals surface area contributed by atoms with Crippen molar-refractivity contribution in [2.75, 3.05) is 13.2 Å². The molecule has 2 aliphatic rings. The number of hydrogen-bond acceptors (Lipinski definition) is 3. The Bertz CT molecular complexity index is 219. The van der Waals surface area contributed by atoms with Gasteiger partial charge in [0.05, 0.1) is 11.6 Å². The third-order valence-corrected chi connectivity index (χ3v) is 2.85. The highest BCUT2D eigenvalue weighted by molar-refractivity contribution is 5.70. The van der Waals surface area contributed by atoms with E-state index in [-0.39, 0.29) is 17.7 Å². The van der Waals surface area contributed by atoms with E-state index in [2.05, 4.69) is 12.2 Å². The zero-order valence-electron chi connectivity index (χ0n) is 7.84. The Labute approximate surface area is 77.6 Å². The van der Waals surface area contributed by atoms with Gasteiger partial charge in [0.25, 0.3) is 0 Å². The molecular formula is C9H15NO3. The fourth-order valence-electron chi connectivity index (χ4n) is 2.02. The molecule has 4 nitrogen and oxygen atoms in total. The number of hydrogen-bond donors (Lipinski definition) is 1. The minimum atomic E-state index is -0.281. The summed E-state index contributed by atoms with van der Waals surface area (Å²) in [5.41, 5.74) is -0.129. The minimum absolute atomic E-state index is 0.129. The second-order valence-corrected chi connectivity index (χ2v) is 3.84. The van der Waals surface area contributed by atoms with E-state index in [0.29, 0.717) is 6.61 Å². The van der Waals surface area contributed by atoms with Gasteiger partial charge in [-0.15, -0.1) is 0 Å². The third kappa shape index (κ3) is 1.63. The van der Waals surface area contributed by atoms with Gasteiger partial charge in [-0.3, -0.25) is 0 Å². The first-order valence-electron chi connectivity index (χ1n) is 4.81. The Morgan fingerprint density at radius 2 is 2.54 bits per heavy atom. The number of nitrogens with one attached hydrogen (secondary N) is 1. The van der Waals surface area contributed by atoms with Crippen molar-refractivity contribution in [1.29, 1.82) is 0 Å². The maximum atomic E-state index is 10.9. The molecular weight excluding hydrogens is 170 g/mol. The first kappa shape index (κ1) is 8.81. The largest absolute Gasteiger partial charge is 0.447 e. The van der Waals surface area contributed by atoms with Crippen LogP contribution in [0.3, 0.4) is 0 Å². The molecule has 1 spiro atoms. The molecule has 4 heteroatoms.